The van der Waals surface area contributed by atoms with Gasteiger partial charge < -0.3 is 15.2 Å². The molecule has 1 aliphatic carbocycles. The quantitative estimate of drug-likeness (QED) is 0.806. The number of rotatable bonds is 7. The molecule has 0 saturated heterocycles. The van der Waals surface area contributed by atoms with Crippen LogP contribution in [0.5, 0.6) is 5.88 Å². The number of nitrogens with one attached hydrogen (secondary N) is 1. The Labute approximate surface area is 136 Å². The molecule has 1 atom stereocenters. The van der Waals surface area contributed by atoms with Crippen molar-refractivity contribution < 1.29 is 19.4 Å². The minimum Gasteiger partial charge on any atom is -0.481 e. The minimum absolute atomic E-state index is 0.0355. The first-order valence-electron chi connectivity index (χ1n) is 8.20. The second-order valence-corrected chi connectivity index (χ2v) is 6.07. The van der Waals surface area contributed by atoms with E-state index in [1.54, 1.807) is 25.3 Å². The van der Waals surface area contributed by atoms with Crippen molar-refractivity contribution in [2.45, 2.75) is 64.0 Å². The van der Waals surface area contributed by atoms with E-state index in [1.807, 2.05) is 0 Å². The number of aromatic nitrogens is 1. The molecule has 2 N–H and O–H groups in total. The molecule has 1 aromatic rings. The molecule has 2 rings (SSSR count). The fraction of sp³-hybridized carbons (Fsp3) is 0.588. The number of carbonyl (C=O) groups excluding carboxylic acids is 1. The van der Waals surface area contributed by atoms with Crippen LogP contribution in [0.4, 0.5) is 0 Å². The van der Waals surface area contributed by atoms with Gasteiger partial charge in [0.15, 0.2) is 0 Å². The third-order valence-corrected chi connectivity index (χ3v) is 4.01. The average molecular weight is 320 g/mol. The Morgan fingerprint density at radius 1 is 1.39 bits per heavy atom. The lowest BCUT2D eigenvalue weighted by Gasteiger charge is -2.22. The number of hydrogen-bond acceptors (Lipinski definition) is 4. The molecular formula is C17H24N2O4. The van der Waals surface area contributed by atoms with E-state index in [0.717, 1.165) is 12.8 Å². The van der Waals surface area contributed by atoms with Crippen LogP contribution in [0.2, 0.25) is 0 Å². The van der Waals surface area contributed by atoms with Gasteiger partial charge in [0.1, 0.15) is 6.10 Å². The van der Waals surface area contributed by atoms with Gasteiger partial charge in [-0.15, -0.1) is 0 Å². The van der Waals surface area contributed by atoms with Crippen molar-refractivity contribution >= 4 is 11.9 Å². The molecule has 1 amide bonds. The van der Waals surface area contributed by atoms with Crippen molar-refractivity contribution in [1.29, 1.82) is 0 Å². The molecule has 6 nitrogen and oxygen atoms in total. The minimum atomic E-state index is -0.863. The van der Waals surface area contributed by atoms with E-state index in [1.165, 1.54) is 19.3 Å². The van der Waals surface area contributed by atoms with E-state index < -0.39 is 5.97 Å². The predicted octanol–water partition coefficient (Wildman–Crippen LogP) is 2.78. The highest BCUT2D eigenvalue weighted by atomic mass is 16.5. The van der Waals surface area contributed by atoms with E-state index in [9.17, 15) is 9.59 Å². The summed E-state index contributed by atoms with van der Waals surface area (Å²) < 4.78 is 5.86. The zero-order valence-electron chi connectivity index (χ0n) is 13.5. The van der Waals surface area contributed by atoms with Crippen LogP contribution in [0.1, 0.15) is 62.2 Å². The maximum Gasteiger partial charge on any atom is 0.303 e. The van der Waals surface area contributed by atoms with Gasteiger partial charge in [-0.1, -0.05) is 6.42 Å². The molecular weight excluding hydrogens is 296 g/mol. The van der Waals surface area contributed by atoms with Crippen molar-refractivity contribution in [2.24, 2.45) is 0 Å². The molecule has 1 heterocycles. The number of nitrogens with zero attached hydrogens (tertiary/aromatic N) is 1. The van der Waals surface area contributed by atoms with E-state index >= 15 is 0 Å². The van der Waals surface area contributed by atoms with Gasteiger partial charge in [-0.2, -0.15) is 0 Å². The van der Waals surface area contributed by atoms with Gasteiger partial charge >= 0.3 is 5.97 Å². The highest BCUT2D eigenvalue weighted by Crippen LogP contribution is 2.22. The summed E-state index contributed by atoms with van der Waals surface area (Å²) in [7, 11) is 0. The lowest BCUT2D eigenvalue weighted by atomic mass is 9.98. The second-order valence-electron chi connectivity index (χ2n) is 6.07. The molecule has 6 heteroatoms. The van der Waals surface area contributed by atoms with Crippen LogP contribution < -0.4 is 10.1 Å². The Morgan fingerprint density at radius 3 is 2.83 bits per heavy atom. The van der Waals surface area contributed by atoms with Crippen LogP contribution in [0.15, 0.2) is 18.3 Å². The SMILES string of the molecule is CC(CCC(=O)O)NC(=O)c1ccnc(OC2CCCCC2)c1. The molecule has 0 bridgehead atoms. The van der Waals surface area contributed by atoms with Crippen molar-refractivity contribution in [1.82, 2.24) is 10.3 Å². The largest absolute Gasteiger partial charge is 0.481 e. The standard InChI is InChI=1S/C17H24N2O4/c1-12(7-8-16(20)21)19-17(22)13-9-10-18-15(11-13)23-14-5-3-2-4-6-14/h9-12,14H,2-8H2,1H3,(H,19,22)(H,20,21). The third-order valence-electron chi connectivity index (χ3n) is 4.01. The van der Waals surface area contributed by atoms with E-state index in [0.29, 0.717) is 17.9 Å². The number of pyridine rings is 1. The summed E-state index contributed by atoms with van der Waals surface area (Å²) in [5, 5.41) is 11.5. The van der Waals surface area contributed by atoms with Gasteiger partial charge in [-0.3, -0.25) is 9.59 Å². The molecule has 0 radical (unpaired) electrons. The fourth-order valence-corrected chi connectivity index (χ4v) is 2.69. The van der Waals surface area contributed by atoms with Gasteiger partial charge in [-0.05, 0) is 45.1 Å². The zero-order valence-corrected chi connectivity index (χ0v) is 13.5. The first-order valence-corrected chi connectivity index (χ1v) is 8.20. The highest BCUT2D eigenvalue weighted by Gasteiger charge is 2.17. The molecule has 1 saturated carbocycles. The Hall–Kier alpha value is -2.11. The van der Waals surface area contributed by atoms with Crippen molar-refractivity contribution in [2.75, 3.05) is 0 Å². The zero-order chi connectivity index (χ0) is 16.7. The summed E-state index contributed by atoms with van der Waals surface area (Å²) in [6.45, 7) is 1.79. The lowest BCUT2D eigenvalue weighted by Crippen LogP contribution is -2.33. The number of ether oxygens (including phenoxy) is 1. The van der Waals surface area contributed by atoms with Crippen LogP contribution >= 0.6 is 0 Å². The molecule has 1 aromatic heterocycles. The van der Waals surface area contributed by atoms with E-state index in [-0.39, 0.29) is 24.5 Å². The van der Waals surface area contributed by atoms with E-state index in [2.05, 4.69) is 10.3 Å². The van der Waals surface area contributed by atoms with E-state index in [4.69, 9.17) is 9.84 Å². The Balaban J connectivity index is 1.90. The van der Waals surface area contributed by atoms with Gasteiger partial charge in [0, 0.05) is 30.3 Å². The molecule has 1 aliphatic rings. The summed E-state index contributed by atoms with van der Waals surface area (Å²) >= 11 is 0. The molecule has 0 aromatic carbocycles. The highest BCUT2D eigenvalue weighted by molar-refractivity contribution is 5.94. The summed E-state index contributed by atoms with van der Waals surface area (Å²) in [5.74, 6) is -0.625. The maximum absolute atomic E-state index is 12.2. The third kappa shape index (κ3) is 5.88. The smallest absolute Gasteiger partial charge is 0.303 e. The number of carboxylic acid groups (broad SMARTS) is 1. The molecule has 126 valence electrons. The number of amides is 1. The number of carbonyl (C=O) groups is 2. The molecule has 0 spiro atoms. The maximum atomic E-state index is 12.2. The van der Waals surface area contributed by atoms with Gasteiger partial charge in [0.05, 0.1) is 0 Å². The number of aliphatic carboxylic acids is 1. The number of hydrogen-bond donors (Lipinski definition) is 2. The van der Waals surface area contributed by atoms with Crippen LogP contribution in [0, 0.1) is 0 Å². The van der Waals surface area contributed by atoms with Crippen LogP contribution in [-0.4, -0.2) is 34.1 Å². The summed E-state index contributed by atoms with van der Waals surface area (Å²) in [5.41, 5.74) is 0.480. The molecule has 0 aliphatic heterocycles. The van der Waals surface area contributed by atoms with Gasteiger partial charge in [0.2, 0.25) is 5.88 Å². The molecule has 1 unspecified atom stereocenters. The lowest BCUT2D eigenvalue weighted by molar-refractivity contribution is -0.137. The molecule has 23 heavy (non-hydrogen) atoms. The average Bonchev–Trinajstić information content (AvgIpc) is 2.54. The van der Waals surface area contributed by atoms with Crippen molar-refractivity contribution in [3.63, 3.8) is 0 Å². The first kappa shape index (κ1) is 17.2. The van der Waals surface area contributed by atoms with Crippen LogP contribution in [0.25, 0.3) is 0 Å². The van der Waals surface area contributed by atoms with Gasteiger partial charge in [-0.25, -0.2) is 4.98 Å². The summed E-state index contributed by atoms with van der Waals surface area (Å²) in [6.07, 6.45) is 7.85. The van der Waals surface area contributed by atoms with Crippen LogP contribution in [0.3, 0.4) is 0 Å². The second kappa shape index (κ2) is 8.50. The topological polar surface area (TPSA) is 88.5 Å². The monoisotopic (exact) mass is 320 g/mol. The summed E-state index contributed by atoms with van der Waals surface area (Å²) in [6, 6.07) is 3.08. The van der Waals surface area contributed by atoms with Crippen molar-refractivity contribution in [3.8, 4) is 5.88 Å². The van der Waals surface area contributed by atoms with Crippen molar-refractivity contribution in [3.05, 3.63) is 23.9 Å². The first-order chi connectivity index (χ1) is 11.0. The van der Waals surface area contributed by atoms with Crippen LogP contribution in [-0.2, 0) is 4.79 Å². The van der Waals surface area contributed by atoms with Gasteiger partial charge in [0.25, 0.3) is 5.91 Å². The molecule has 1 fully saturated rings. The predicted molar refractivity (Wildman–Crippen MR) is 85.5 cm³/mol. The fourth-order valence-electron chi connectivity index (χ4n) is 2.69. The number of carboxylic acids is 1. The Morgan fingerprint density at radius 2 is 2.13 bits per heavy atom. The normalized spacial score (nSPS) is 16.6. The Bertz CT molecular complexity index is 541. The summed E-state index contributed by atoms with van der Waals surface area (Å²) in [4.78, 5) is 26.9. The Kier molecular flexibility index (Phi) is 6.38.